The second kappa shape index (κ2) is 6.65. The molecule has 1 aromatic carbocycles. The predicted octanol–water partition coefficient (Wildman–Crippen LogP) is 1.96. The summed E-state index contributed by atoms with van der Waals surface area (Å²) < 4.78 is 0. The summed E-state index contributed by atoms with van der Waals surface area (Å²) in [7, 11) is 0. The Bertz CT molecular complexity index is 431. The largest absolute Gasteiger partial charge is 0.399 e. The molecule has 0 aliphatic heterocycles. The minimum absolute atomic E-state index is 0.0463. The minimum atomic E-state index is 0.0463. The number of nitriles is 1. The van der Waals surface area contributed by atoms with Gasteiger partial charge in [0.15, 0.2) is 0 Å². The molecule has 0 heterocycles. The maximum absolute atomic E-state index is 12.1. The van der Waals surface area contributed by atoms with Crippen LogP contribution >= 0.6 is 0 Å². The van der Waals surface area contributed by atoms with Crippen molar-refractivity contribution in [2.75, 3.05) is 12.3 Å². The van der Waals surface area contributed by atoms with E-state index >= 15 is 0 Å². The summed E-state index contributed by atoms with van der Waals surface area (Å²) in [6.07, 6.45) is 0.718. The van der Waals surface area contributed by atoms with Gasteiger partial charge < -0.3 is 10.6 Å². The van der Waals surface area contributed by atoms with Crippen LogP contribution in [-0.2, 0) is 11.2 Å². The Morgan fingerprint density at radius 3 is 2.50 bits per heavy atom. The molecule has 0 radical (unpaired) electrons. The second-order valence-electron chi connectivity index (χ2n) is 4.51. The first kappa shape index (κ1) is 14.0. The van der Waals surface area contributed by atoms with Gasteiger partial charge in [-0.2, -0.15) is 5.26 Å². The number of nitrogens with two attached hydrogens (primary N) is 1. The number of hydrogen-bond acceptors (Lipinski definition) is 3. The van der Waals surface area contributed by atoms with Crippen molar-refractivity contribution in [3.05, 3.63) is 29.8 Å². The molecule has 2 N–H and O–H groups in total. The van der Waals surface area contributed by atoms with E-state index in [1.807, 2.05) is 26.0 Å². The van der Waals surface area contributed by atoms with E-state index in [-0.39, 0.29) is 11.9 Å². The summed E-state index contributed by atoms with van der Waals surface area (Å²) in [4.78, 5) is 13.9. The van der Waals surface area contributed by atoms with E-state index in [2.05, 4.69) is 6.07 Å². The molecule has 0 spiro atoms. The molecule has 1 aromatic rings. The van der Waals surface area contributed by atoms with Crippen LogP contribution in [0.3, 0.4) is 0 Å². The molecule has 1 rings (SSSR count). The fourth-order valence-corrected chi connectivity index (χ4v) is 1.75. The minimum Gasteiger partial charge on any atom is -0.399 e. The molecule has 0 saturated heterocycles. The number of nitrogens with zero attached hydrogens (tertiary/aromatic N) is 2. The van der Waals surface area contributed by atoms with Crippen molar-refractivity contribution in [2.45, 2.75) is 32.7 Å². The van der Waals surface area contributed by atoms with Gasteiger partial charge in [-0.05, 0) is 31.5 Å². The topological polar surface area (TPSA) is 70.1 Å². The van der Waals surface area contributed by atoms with Crippen molar-refractivity contribution in [1.29, 1.82) is 5.26 Å². The third kappa shape index (κ3) is 4.10. The van der Waals surface area contributed by atoms with Gasteiger partial charge in [0, 0.05) is 18.3 Å². The highest BCUT2D eigenvalue weighted by Gasteiger charge is 2.16. The van der Waals surface area contributed by atoms with Crippen LogP contribution in [0.4, 0.5) is 5.69 Å². The smallest absolute Gasteiger partial charge is 0.227 e. The zero-order chi connectivity index (χ0) is 13.5. The maximum Gasteiger partial charge on any atom is 0.227 e. The number of amides is 1. The quantitative estimate of drug-likeness (QED) is 0.806. The standard InChI is InChI=1S/C14H19N3O/c1-11(2)17(9-3-8-15)14(18)10-12-4-6-13(16)7-5-12/h4-7,11H,3,9-10,16H2,1-2H3. The van der Waals surface area contributed by atoms with Gasteiger partial charge in [-0.15, -0.1) is 0 Å². The molecule has 18 heavy (non-hydrogen) atoms. The van der Waals surface area contributed by atoms with Crippen molar-refractivity contribution < 1.29 is 4.79 Å². The van der Waals surface area contributed by atoms with Crippen LogP contribution in [0.25, 0.3) is 0 Å². The summed E-state index contributed by atoms with van der Waals surface area (Å²) in [5, 5.41) is 8.60. The van der Waals surface area contributed by atoms with Crippen LogP contribution in [0.15, 0.2) is 24.3 Å². The lowest BCUT2D eigenvalue weighted by molar-refractivity contribution is -0.132. The molecular formula is C14H19N3O. The van der Waals surface area contributed by atoms with Gasteiger partial charge in [0.25, 0.3) is 0 Å². The van der Waals surface area contributed by atoms with Crippen molar-refractivity contribution in [3.63, 3.8) is 0 Å². The molecule has 0 fully saturated rings. The first-order chi connectivity index (χ1) is 8.54. The molecule has 4 nitrogen and oxygen atoms in total. The Morgan fingerprint density at radius 1 is 1.39 bits per heavy atom. The van der Waals surface area contributed by atoms with Gasteiger partial charge >= 0.3 is 0 Å². The fourth-order valence-electron chi connectivity index (χ4n) is 1.75. The third-order valence-electron chi connectivity index (χ3n) is 2.74. The highest BCUT2D eigenvalue weighted by atomic mass is 16.2. The SMILES string of the molecule is CC(C)N(CCC#N)C(=O)Cc1ccc(N)cc1. The van der Waals surface area contributed by atoms with E-state index in [0.29, 0.717) is 25.1 Å². The average Bonchev–Trinajstić information content (AvgIpc) is 2.32. The van der Waals surface area contributed by atoms with Crippen LogP contribution in [-0.4, -0.2) is 23.4 Å². The highest BCUT2D eigenvalue weighted by Crippen LogP contribution is 2.09. The van der Waals surface area contributed by atoms with Gasteiger partial charge in [-0.3, -0.25) is 4.79 Å². The summed E-state index contributed by atoms with van der Waals surface area (Å²) in [5.74, 6) is 0.0463. The Balaban J connectivity index is 2.67. The molecule has 1 amide bonds. The zero-order valence-electron chi connectivity index (χ0n) is 10.9. The van der Waals surface area contributed by atoms with Crippen molar-refractivity contribution in [1.82, 2.24) is 4.90 Å². The normalized spacial score (nSPS) is 10.1. The van der Waals surface area contributed by atoms with E-state index < -0.39 is 0 Å². The molecule has 0 aliphatic rings. The van der Waals surface area contributed by atoms with E-state index in [4.69, 9.17) is 11.0 Å². The number of benzene rings is 1. The monoisotopic (exact) mass is 245 g/mol. The Kier molecular flexibility index (Phi) is 5.19. The predicted molar refractivity (Wildman–Crippen MR) is 71.6 cm³/mol. The molecule has 0 unspecified atom stereocenters. The van der Waals surface area contributed by atoms with Gasteiger partial charge in [0.1, 0.15) is 0 Å². The second-order valence-corrected chi connectivity index (χ2v) is 4.51. The number of anilines is 1. The van der Waals surface area contributed by atoms with E-state index in [9.17, 15) is 4.79 Å². The number of rotatable bonds is 5. The molecule has 0 atom stereocenters. The number of carbonyl (C=O) groups is 1. The summed E-state index contributed by atoms with van der Waals surface area (Å²) in [6.45, 7) is 4.40. The molecule has 0 aromatic heterocycles. The zero-order valence-corrected chi connectivity index (χ0v) is 10.9. The van der Waals surface area contributed by atoms with Crippen molar-refractivity contribution in [2.24, 2.45) is 0 Å². The third-order valence-corrected chi connectivity index (χ3v) is 2.74. The summed E-state index contributed by atoms with van der Waals surface area (Å²) >= 11 is 0. The van der Waals surface area contributed by atoms with Crippen LogP contribution in [0.2, 0.25) is 0 Å². The number of nitrogen functional groups attached to an aromatic ring is 1. The number of hydrogen-bond donors (Lipinski definition) is 1. The van der Waals surface area contributed by atoms with E-state index in [1.54, 1.807) is 17.0 Å². The van der Waals surface area contributed by atoms with Gasteiger partial charge in [0.05, 0.1) is 18.9 Å². The lowest BCUT2D eigenvalue weighted by Gasteiger charge is -2.26. The number of carbonyl (C=O) groups excluding carboxylic acids is 1. The lowest BCUT2D eigenvalue weighted by atomic mass is 10.1. The van der Waals surface area contributed by atoms with Crippen molar-refractivity contribution >= 4 is 11.6 Å². The van der Waals surface area contributed by atoms with Gasteiger partial charge in [0.2, 0.25) is 5.91 Å². The molecular weight excluding hydrogens is 226 g/mol. The van der Waals surface area contributed by atoms with E-state index in [1.165, 1.54) is 0 Å². The average molecular weight is 245 g/mol. The molecule has 4 heteroatoms. The Hall–Kier alpha value is -2.02. The molecule has 96 valence electrons. The van der Waals surface area contributed by atoms with E-state index in [0.717, 1.165) is 5.56 Å². The summed E-state index contributed by atoms with van der Waals surface area (Å²) in [5.41, 5.74) is 7.23. The van der Waals surface area contributed by atoms with Crippen molar-refractivity contribution in [3.8, 4) is 6.07 Å². The van der Waals surface area contributed by atoms with Crippen LogP contribution in [0.5, 0.6) is 0 Å². The Morgan fingerprint density at radius 2 is 2.00 bits per heavy atom. The first-order valence-electron chi connectivity index (χ1n) is 6.05. The Labute approximate surface area is 108 Å². The summed E-state index contributed by atoms with van der Waals surface area (Å²) in [6, 6.07) is 9.47. The molecule has 0 saturated carbocycles. The molecule has 0 bridgehead atoms. The lowest BCUT2D eigenvalue weighted by Crippen LogP contribution is -2.38. The fraction of sp³-hybridized carbons (Fsp3) is 0.429. The van der Waals surface area contributed by atoms with Gasteiger partial charge in [-0.1, -0.05) is 12.1 Å². The van der Waals surface area contributed by atoms with Gasteiger partial charge in [-0.25, -0.2) is 0 Å². The first-order valence-corrected chi connectivity index (χ1v) is 6.05. The molecule has 0 aliphatic carbocycles. The van der Waals surface area contributed by atoms with Crippen LogP contribution < -0.4 is 5.73 Å². The van der Waals surface area contributed by atoms with Crippen LogP contribution in [0.1, 0.15) is 25.8 Å². The highest BCUT2D eigenvalue weighted by molar-refractivity contribution is 5.79. The van der Waals surface area contributed by atoms with Crippen LogP contribution in [0, 0.1) is 11.3 Å². The maximum atomic E-state index is 12.1.